The number of piperazine rings is 1. The number of hydrogen-bond donors (Lipinski definition) is 2. The maximum atomic E-state index is 16.2. The highest BCUT2D eigenvalue weighted by Crippen LogP contribution is 2.42. The number of ether oxygens (including phenoxy) is 1. The number of nitrogens with zero attached hydrogens (tertiary/aromatic N) is 6. The molecule has 3 aliphatic heterocycles. The molecule has 14 heteroatoms. The average Bonchev–Trinajstić information content (AvgIpc) is 3.47. The smallest absolute Gasteiger partial charge is 0.417 e. The lowest BCUT2D eigenvalue weighted by Gasteiger charge is -2.34. The van der Waals surface area contributed by atoms with Gasteiger partial charge in [-0.15, -0.1) is 0 Å². The summed E-state index contributed by atoms with van der Waals surface area (Å²) in [6.07, 6.45) is -2.34. The van der Waals surface area contributed by atoms with Crippen molar-refractivity contribution in [1.29, 1.82) is 5.26 Å². The average molecular weight is 589 g/mol. The van der Waals surface area contributed by atoms with Gasteiger partial charge in [0.2, 0.25) is 0 Å². The van der Waals surface area contributed by atoms with E-state index in [9.17, 15) is 22.8 Å². The lowest BCUT2D eigenvalue weighted by atomic mass is 9.95. The van der Waals surface area contributed by atoms with E-state index in [2.05, 4.69) is 31.2 Å². The summed E-state index contributed by atoms with van der Waals surface area (Å²) < 4.78 is 78.2. The number of halogens is 5. The van der Waals surface area contributed by atoms with Crippen molar-refractivity contribution in [3.8, 4) is 23.3 Å². The molecule has 3 saturated heterocycles. The standard InChI is InChI=1S/C28H29F5N8O/c29-16-11-27(5-1-8-41(27)13-16)15-42-26-38-24-20(25(39-26)40-9-7-36-18(14-40)4-6-34)12-37-23(22(24)30)19-10-17(35)2-3-21(19)28(31,32)33/h2-3,10,12,16,18,36H,1,4-5,7-9,11,13-15,35H2/t16?,18?,27-/m0/s1. The molecule has 0 amide bonds. The van der Waals surface area contributed by atoms with Crippen molar-refractivity contribution >= 4 is 22.4 Å². The van der Waals surface area contributed by atoms with Crippen molar-refractivity contribution in [3.63, 3.8) is 0 Å². The summed E-state index contributed by atoms with van der Waals surface area (Å²) in [6, 6.07) is 4.70. The second kappa shape index (κ2) is 10.8. The van der Waals surface area contributed by atoms with E-state index < -0.39 is 40.5 Å². The molecule has 42 heavy (non-hydrogen) atoms. The Kier molecular flexibility index (Phi) is 7.26. The summed E-state index contributed by atoms with van der Waals surface area (Å²) in [5.41, 5.74) is 2.85. The van der Waals surface area contributed by atoms with Gasteiger partial charge in [0.15, 0.2) is 5.82 Å². The summed E-state index contributed by atoms with van der Waals surface area (Å²) in [5.74, 6) is -0.789. The molecular formula is C28H29F5N8O. The molecule has 1 aromatic carbocycles. The first-order valence-corrected chi connectivity index (χ1v) is 13.8. The number of nitrogens with one attached hydrogen (secondary N) is 1. The molecule has 0 bridgehead atoms. The van der Waals surface area contributed by atoms with Crippen molar-refractivity contribution in [2.45, 2.75) is 49.6 Å². The molecule has 0 saturated carbocycles. The zero-order chi connectivity index (χ0) is 29.6. The third-order valence-electron chi connectivity index (χ3n) is 8.37. The fourth-order valence-corrected chi connectivity index (χ4v) is 6.43. The molecule has 3 aromatic rings. The number of aromatic nitrogens is 3. The van der Waals surface area contributed by atoms with Gasteiger partial charge in [-0.2, -0.15) is 28.4 Å². The lowest BCUT2D eigenvalue weighted by Crippen LogP contribution is -2.51. The van der Waals surface area contributed by atoms with Gasteiger partial charge >= 0.3 is 12.2 Å². The van der Waals surface area contributed by atoms with Gasteiger partial charge in [0.25, 0.3) is 0 Å². The number of rotatable bonds is 6. The third-order valence-corrected chi connectivity index (χ3v) is 8.37. The molecule has 3 fully saturated rings. The molecule has 5 heterocycles. The maximum absolute atomic E-state index is 16.2. The minimum Gasteiger partial charge on any atom is -0.461 e. The number of hydrogen-bond acceptors (Lipinski definition) is 9. The van der Waals surface area contributed by atoms with Gasteiger partial charge in [0, 0.05) is 56.1 Å². The van der Waals surface area contributed by atoms with Crippen LogP contribution in [0.3, 0.4) is 0 Å². The summed E-state index contributed by atoms with van der Waals surface area (Å²) in [4.78, 5) is 16.9. The van der Waals surface area contributed by atoms with E-state index in [1.165, 1.54) is 6.20 Å². The number of alkyl halides is 4. The number of pyridine rings is 1. The van der Waals surface area contributed by atoms with Gasteiger partial charge in [-0.05, 0) is 37.6 Å². The largest absolute Gasteiger partial charge is 0.461 e. The van der Waals surface area contributed by atoms with Crippen molar-refractivity contribution in [3.05, 3.63) is 35.8 Å². The van der Waals surface area contributed by atoms with E-state index in [1.807, 2.05) is 4.90 Å². The molecule has 3 aliphatic rings. The van der Waals surface area contributed by atoms with E-state index in [4.69, 9.17) is 10.5 Å². The molecule has 9 nitrogen and oxygen atoms in total. The van der Waals surface area contributed by atoms with Crippen LogP contribution in [-0.2, 0) is 6.18 Å². The molecule has 222 valence electrons. The minimum atomic E-state index is -4.78. The zero-order valence-corrected chi connectivity index (χ0v) is 22.6. The molecule has 2 aromatic heterocycles. The fourth-order valence-electron chi connectivity index (χ4n) is 6.43. The Hall–Kier alpha value is -3.83. The highest BCUT2D eigenvalue weighted by Gasteiger charge is 2.49. The van der Waals surface area contributed by atoms with E-state index >= 15 is 4.39 Å². The summed E-state index contributed by atoms with van der Waals surface area (Å²) >= 11 is 0. The van der Waals surface area contributed by atoms with Crippen LogP contribution in [0, 0.1) is 17.1 Å². The first-order chi connectivity index (χ1) is 20.1. The van der Waals surface area contributed by atoms with Crippen LogP contribution < -0.4 is 20.7 Å². The molecule has 0 radical (unpaired) electrons. The van der Waals surface area contributed by atoms with Crippen LogP contribution >= 0.6 is 0 Å². The number of nitrogens with two attached hydrogens (primary N) is 1. The molecule has 0 spiro atoms. The molecule has 6 rings (SSSR count). The van der Waals surface area contributed by atoms with E-state index in [0.717, 1.165) is 37.6 Å². The Balaban J connectivity index is 1.45. The van der Waals surface area contributed by atoms with Crippen LogP contribution in [-0.4, -0.2) is 76.9 Å². The van der Waals surface area contributed by atoms with Crippen LogP contribution in [0.4, 0.5) is 33.5 Å². The third kappa shape index (κ3) is 5.15. The predicted octanol–water partition coefficient (Wildman–Crippen LogP) is 4.08. The topological polar surface area (TPSA) is 116 Å². The fraction of sp³-hybridized carbons (Fsp3) is 0.500. The SMILES string of the molecule is N#CCC1CN(c2nc(OC[C@@]34CCCN3CC(F)C4)nc3c(F)c(-c4cc(N)ccc4C(F)(F)F)ncc23)CCN1. The summed E-state index contributed by atoms with van der Waals surface area (Å²) in [7, 11) is 0. The Morgan fingerprint density at radius 3 is 2.83 bits per heavy atom. The number of fused-ring (bicyclic) bond motifs is 2. The first kappa shape index (κ1) is 28.3. The normalized spacial score (nSPS) is 24.6. The second-order valence-corrected chi connectivity index (χ2v) is 11.1. The zero-order valence-electron chi connectivity index (χ0n) is 22.6. The number of nitrogen functional groups attached to an aromatic ring is 1. The number of benzene rings is 1. The van der Waals surface area contributed by atoms with Crippen LogP contribution in [0.15, 0.2) is 24.4 Å². The van der Waals surface area contributed by atoms with Gasteiger partial charge in [-0.25, -0.2) is 8.78 Å². The van der Waals surface area contributed by atoms with Crippen molar-refractivity contribution in [2.75, 3.05) is 50.0 Å². The molecular weight excluding hydrogens is 559 g/mol. The van der Waals surface area contributed by atoms with Crippen LogP contribution in [0.5, 0.6) is 6.01 Å². The van der Waals surface area contributed by atoms with Crippen molar-refractivity contribution in [2.24, 2.45) is 0 Å². The summed E-state index contributed by atoms with van der Waals surface area (Å²) in [5, 5.41) is 12.6. The van der Waals surface area contributed by atoms with Gasteiger partial charge < -0.3 is 20.7 Å². The second-order valence-electron chi connectivity index (χ2n) is 11.1. The van der Waals surface area contributed by atoms with Crippen molar-refractivity contribution in [1.82, 2.24) is 25.2 Å². The first-order valence-electron chi connectivity index (χ1n) is 13.8. The Morgan fingerprint density at radius 1 is 1.21 bits per heavy atom. The van der Waals surface area contributed by atoms with Crippen LogP contribution in [0.25, 0.3) is 22.2 Å². The van der Waals surface area contributed by atoms with Gasteiger partial charge in [0.05, 0.1) is 29.0 Å². The Labute approximate surface area is 238 Å². The highest BCUT2D eigenvalue weighted by molar-refractivity contribution is 5.92. The maximum Gasteiger partial charge on any atom is 0.417 e. The molecule has 3 N–H and O–H groups in total. The van der Waals surface area contributed by atoms with Gasteiger partial charge in [0.1, 0.15) is 29.8 Å². The highest BCUT2D eigenvalue weighted by atomic mass is 19.4. The van der Waals surface area contributed by atoms with E-state index in [-0.39, 0.29) is 47.5 Å². The van der Waals surface area contributed by atoms with Crippen LogP contribution in [0.2, 0.25) is 0 Å². The molecule has 0 aliphatic carbocycles. The minimum absolute atomic E-state index is 0.0131. The lowest BCUT2D eigenvalue weighted by molar-refractivity contribution is -0.137. The number of anilines is 2. The molecule has 3 atom stereocenters. The summed E-state index contributed by atoms with van der Waals surface area (Å²) in [6.45, 7) is 2.52. The molecule has 2 unspecified atom stereocenters. The van der Waals surface area contributed by atoms with Gasteiger partial charge in [-0.3, -0.25) is 9.88 Å². The Morgan fingerprint density at radius 2 is 2.05 bits per heavy atom. The predicted molar refractivity (Wildman–Crippen MR) is 145 cm³/mol. The van der Waals surface area contributed by atoms with E-state index in [1.54, 1.807) is 0 Å². The quantitative estimate of drug-likeness (QED) is 0.325. The monoisotopic (exact) mass is 588 g/mol. The van der Waals surface area contributed by atoms with E-state index in [0.29, 0.717) is 32.6 Å². The number of nitriles is 1. The van der Waals surface area contributed by atoms with Crippen molar-refractivity contribution < 1.29 is 26.7 Å². The Bertz CT molecular complexity index is 1550. The van der Waals surface area contributed by atoms with Crippen LogP contribution in [0.1, 0.15) is 31.2 Å². The van der Waals surface area contributed by atoms with Gasteiger partial charge in [-0.1, -0.05) is 0 Å².